The van der Waals surface area contributed by atoms with Crippen LogP contribution in [-0.4, -0.2) is 36.7 Å². The third-order valence-electron chi connectivity index (χ3n) is 5.01. The highest BCUT2D eigenvalue weighted by molar-refractivity contribution is 6.07. The lowest BCUT2D eigenvalue weighted by Crippen LogP contribution is -2.60. The van der Waals surface area contributed by atoms with E-state index < -0.39 is 35.1 Å². The summed E-state index contributed by atoms with van der Waals surface area (Å²) in [6.07, 6.45) is -2.99. The summed E-state index contributed by atoms with van der Waals surface area (Å²) in [5.41, 5.74) is 4.44. The second-order valence-electron chi connectivity index (χ2n) is 6.69. The number of para-hydroxylation sites is 1. The monoisotopic (exact) mass is 420 g/mol. The molecule has 0 aliphatic carbocycles. The highest BCUT2D eigenvalue weighted by Crippen LogP contribution is 2.40. The highest BCUT2D eigenvalue weighted by Gasteiger charge is 2.53. The van der Waals surface area contributed by atoms with Crippen molar-refractivity contribution in [3.05, 3.63) is 71.4 Å². The Morgan fingerprint density at radius 1 is 0.967 bits per heavy atom. The number of aromatic nitrogens is 1. The molecule has 2 aromatic carbocycles. The summed E-state index contributed by atoms with van der Waals surface area (Å²) in [5.74, 6) is -3.34. The molecule has 3 N–H and O–H groups in total. The number of hydrogen-bond acceptors (Lipinski definition) is 5. The topological polar surface area (TPSA) is 94.4 Å². The minimum atomic E-state index is -4.54. The van der Waals surface area contributed by atoms with Crippen molar-refractivity contribution >= 4 is 22.8 Å². The summed E-state index contributed by atoms with van der Waals surface area (Å²) in [6, 6.07) is 11.2. The number of carbonyl (C=O) groups is 2. The molecule has 9 heteroatoms. The molecule has 0 saturated heterocycles. The number of rotatable bonds is 5. The van der Waals surface area contributed by atoms with Gasteiger partial charge in [0.05, 0.1) is 25.7 Å². The molecule has 0 radical (unpaired) electrons. The molecule has 3 aromatic rings. The van der Waals surface area contributed by atoms with Crippen molar-refractivity contribution in [1.82, 2.24) is 4.98 Å². The Balaban J connectivity index is 2.28. The van der Waals surface area contributed by atoms with Crippen LogP contribution in [0.2, 0.25) is 0 Å². The van der Waals surface area contributed by atoms with E-state index in [4.69, 9.17) is 15.2 Å². The molecule has 0 fully saturated rings. The number of methoxy groups -OCH3 is 2. The molecule has 3 rings (SSSR count). The van der Waals surface area contributed by atoms with Gasteiger partial charge in [0.1, 0.15) is 0 Å². The molecule has 0 saturated carbocycles. The van der Waals surface area contributed by atoms with Gasteiger partial charge in [0.15, 0.2) is 0 Å². The van der Waals surface area contributed by atoms with Gasteiger partial charge in [0.25, 0.3) is 0 Å². The first-order valence-electron chi connectivity index (χ1n) is 8.83. The molecule has 1 aromatic heterocycles. The van der Waals surface area contributed by atoms with Crippen LogP contribution in [-0.2, 0) is 25.2 Å². The Hall–Kier alpha value is -3.33. The first-order chi connectivity index (χ1) is 14.1. The minimum Gasteiger partial charge on any atom is -0.467 e. The van der Waals surface area contributed by atoms with Crippen LogP contribution in [0.1, 0.15) is 22.6 Å². The number of esters is 2. The molecule has 0 amide bonds. The molecule has 1 heterocycles. The average Bonchev–Trinajstić information content (AvgIpc) is 3.16. The van der Waals surface area contributed by atoms with Crippen molar-refractivity contribution in [3.8, 4) is 0 Å². The summed E-state index contributed by atoms with van der Waals surface area (Å²) in [4.78, 5) is 28.4. The maximum absolute atomic E-state index is 13.0. The van der Waals surface area contributed by atoms with Crippen LogP contribution < -0.4 is 5.73 Å². The first-order valence-corrected chi connectivity index (χ1v) is 8.83. The number of benzene rings is 2. The van der Waals surface area contributed by atoms with Gasteiger partial charge < -0.3 is 20.2 Å². The Labute approximate surface area is 169 Å². The number of alkyl halides is 3. The first kappa shape index (κ1) is 21.4. The third kappa shape index (κ3) is 3.52. The predicted octanol–water partition coefficient (Wildman–Crippen LogP) is 3.36. The van der Waals surface area contributed by atoms with Gasteiger partial charge in [-0.15, -0.1) is 0 Å². The lowest BCUT2D eigenvalue weighted by Gasteiger charge is -2.32. The van der Waals surface area contributed by atoms with E-state index in [9.17, 15) is 22.8 Å². The smallest absolute Gasteiger partial charge is 0.416 e. The predicted molar refractivity (Wildman–Crippen MR) is 103 cm³/mol. The van der Waals surface area contributed by atoms with Gasteiger partial charge in [-0.3, -0.25) is 0 Å². The minimum absolute atomic E-state index is 0.214. The van der Waals surface area contributed by atoms with Crippen LogP contribution in [0.5, 0.6) is 0 Å². The number of nitrogens with two attached hydrogens (primary N) is 1. The molecular weight excluding hydrogens is 401 g/mol. The lowest BCUT2D eigenvalue weighted by atomic mass is 9.75. The summed E-state index contributed by atoms with van der Waals surface area (Å²) in [6.45, 7) is 0. The van der Waals surface area contributed by atoms with Gasteiger partial charge in [-0.1, -0.05) is 30.3 Å². The number of hydrogen-bond donors (Lipinski definition) is 2. The van der Waals surface area contributed by atoms with Crippen LogP contribution in [0.3, 0.4) is 0 Å². The number of aromatic amines is 1. The van der Waals surface area contributed by atoms with Gasteiger partial charge in [-0.2, -0.15) is 13.2 Å². The van der Waals surface area contributed by atoms with Crippen molar-refractivity contribution < 1.29 is 32.2 Å². The number of H-pyrrole nitrogens is 1. The molecule has 1 atom stereocenters. The van der Waals surface area contributed by atoms with Crippen LogP contribution >= 0.6 is 0 Å². The Morgan fingerprint density at radius 3 is 2.07 bits per heavy atom. The van der Waals surface area contributed by atoms with Crippen LogP contribution in [0.4, 0.5) is 13.2 Å². The van der Waals surface area contributed by atoms with Crippen molar-refractivity contribution in [2.45, 2.75) is 17.6 Å². The van der Waals surface area contributed by atoms with Crippen molar-refractivity contribution in [2.24, 2.45) is 5.73 Å². The summed E-state index contributed by atoms with van der Waals surface area (Å²) in [5, 5.41) is 0.644. The third-order valence-corrected chi connectivity index (χ3v) is 5.01. The molecule has 158 valence electrons. The van der Waals surface area contributed by atoms with Crippen LogP contribution in [0.25, 0.3) is 10.9 Å². The molecule has 0 unspecified atom stereocenters. The molecule has 0 bridgehead atoms. The number of fused-ring (bicyclic) bond motifs is 1. The number of ether oxygens (including phenoxy) is 2. The quantitative estimate of drug-likeness (QED) is 0.488. The second kappa shape index (κ2) is 7.83. The second-order valence-corrected chi connectivity index (χ2v) is 6.69. The van der Waals surface area contributed by atoms with Gasteiger partial charge in [-0.25, -0.2) is 9.59 Å². The van der Waals surface area contributed by atoms with E-state index in [1.54, 1.807) is 30.5 Å². The molecule has 6 nitrogen and oxygen atoms in total. The molecule has 0 aliphatic rings. The van der Waals surface area contributed by atoms with E-state index in [1.165, 1.54) is 12.1 Å². The number of nitrogens with one attached hydrogen (secondary N) is 1. The number of halogens is 3. The van der Waals surface area contributed by atoms with Crippen molar-refractivity contribution in [2.75, 3.05) is 14.2 Å². The van der Waals surface area contributed by atoms with Crippen LogP contribution in [0, 0.1) is 0 Å². The zero-order chi connectivity index (χ0) is 22.1. The van der Waals surface area contributed by atoms with E-state index in [2.05, 4.69) is 4.98 Å². The van der Waals surface area contributed by atoms with E-state index in [1.807, 2.05) is 0 Å². The summed E-state index contributed by atoms with van der Waals surface area (Å²) < 4.78 is 48.6. The van der Waals surface area contributed by atoms with E-state index in [-0.39, 0.29) is 5.56 Å². The Kier molecular flexibility index (Phi) is 5.58. The summed E-state index contributed by atoms with van der Waals surface area (Å²) >= 11 is 0. The maximum atomic E-state index is 13.0. The average molecular weight is 420 g/mol. The lowest BCUT2D eigenvalue weighted by molar-refractivity contribution is -0.162. The normalized spacial score (nSPS) is 13.1. The highest BCUT2D eigenvalue weighted by atomic mass is 19.4. The van der Waals surface area contributed by atoms with Crippen molar-refractivity contribution in [3.63, 3.8) is 0 Å². The van der Waals surface area contributed by atoms with Gasteiger partial charge >= 0.3 is 18.1 Å². The van der Waals surface area contributed by atoms with Gasteiger partial charge in [0.2, 0.25) is 5.54 Å². The van der Waals surface area contributed by atoms with E-state index in [0.29, 0.717) is 16.5 Å². The van der Waals surface area contributed by atoms with E-state index >= 15 is 0 Å². The van der Waals surface area contributed by atoms with Gasteiger partial charge in [-0.05, 0) is 29.3 Å². The SMILES string of the molecule is COC(=O)C(N)(C(=O)OC)[C@@H](c1ccc(C(F)(F)F)cc1)c1c[nH]c2ccccc12. The molecule has 0 spiro atoms. The fourth-order valence-corrected chi connectivity index (χ4v) is 3.54. The zero-order valence-electron chi connectivity index (χ0n) is 16.1. The number of carbonyl (C=O) groups excluding carboxylic acids is 2. The Morgan fingerprint density at radius 2 is 1.53 bits per heavy atom. The molecular formula is C21H19F3N2O4. The fourth-order valence-electron chi connectivity index (χ4n) is 3.54. The molecule has 0 aliphatic heterocycles. The van der Waals surface area contributed by atoms with Crippen molar-refractivity contribution in [1.29, 1.82) is 0 Å². The fraction of sp³-hybridized carbons (Fsp3) is 0.238. The largest absolute Gasteiger partial charge is 0.467 e. The van der Waals surface area contributed by atoms with E-state index in [0.717, 1.165) is 26.4 Å². The molecule has 30 heavy (non-hydrogen) atoms. The Bertz CT molecular complexity index is 1060. The van der Waals surface area contributed by atoms with Gasteiger partial charge in [0, 0.05) is 17.1 Å². The van der Waals surface area contributed by atoms with Crippen LogP contribution in [0.15, 0.2) is 54.7 Å². The standard InChI is InChI=1S/C21H19F3N2O4/c1-29-18(27)20(25,19(28)30-2)17(12-7-9-13(10-8-12)21(22,23)24)15-11-26-16-6-4-3-5-14(15)16/h3-11,17,26H,25H2,1-2H3/t17-/m0/s1. The maximum Gasteiger partial charge on any atom is 0.416 e. The summed E-state index contributed by atoms with van der Waals surface area (Å²) in [7, 11) is 2.12. The zero-order valence-corrected chi connectivity index (χ0v) is 16.1.